The maximum Gasteiger partial charge on any atom is 0.317 e. The third kappa shape index (κ3) is 4.86. The highest BCUT2D eigenvalue weighted by Gasteiger charge is 2.19. The van der Waals surface area contributed by atoms with Crippen molar-refractivity contribution in [3.63, 3.8) is 0 Å². The monoisotopic (exact) mass is 291 g/mol. The van der Waals surface area contributed by atoms with Crippen LogP contribution in [0.1, 0.15) is 5.56 Å². The van der Waals surface area contributed by atoms with Gasteiger partial charge in [-0.05, 0) is 24.1 Å². The highest BCUT2D eigenvalue weighted by molar-refractivity contribution is 5.74. The van der Waals surface area contributed by atoms with Crippen LogP contribution in [0, 0.1) is 5.82 Å². The van der Waals surface area contributed by atoms with Crippen LogP contribution in [0.2, 0.25) is 0 Å². The minimum Gasteiger partial charge on any atom is -0.338 e. The van der Waals surface area contributed by atoms with Gasteiger partial charge in [-0.25, -0.2) is 9.18 Å². The van der Waals surface area contributed by atoms with Crippen LogP contribution < -0.4 is 5.32 Å². The lowest BCUT2D eigenvalue weighted by atomic mass is 10.1. The molecule has 1 aromatic carbocycles. The quantitative estimate of drug-likeness (QED) is 0.841. The fourth-order valence-electron chi connectivity index (χ4n) is 2.39. The third-order valence-electron chi connectivity index (χ3n) is 3.65. The van der Waals surface area contributed by atoms with Gasteiger partial charge in [-0.15, -0.1) is 6.58 Å². The molecular formula is C16H22FN3O. The topological polar surface area (TPSA) is 35.6 Å². The van der Waals surface area contributed by atoms with Crippen molar-refractivity contribution in [2.75, 3.05) is 39.3 Å². The van der Waals surface area contributed by atoms with Crippen LogP contribution in [0.4, 0.5) is 9.18 Å². The summed E-state index contributed by atoms with van der Waals surface area (Å²) in [5.74, 6) is -0.236. The highest BCUT2D eigenvalue weighted by atomic mass is 19.1. The van der Waals surface area contributed by atoms with Gasteiger partial charge < -0.3 is 10.2 Å². The predicted molar refractivity (Wildman–Crippen MR) is 81.7 cm³/mol. The fourth-order valence-corrected chi connectivity index (χ4v) is 2.39. The molecule has 1 fully saturated rings. The molecule has 1 aromatic rings. The van der Waals surface area contributed by atoms with Crippen LogP contribution in [0.5, 0.6) is 0 Å². The Morgan fingerprint density at radius 2 is 1.90 bits per heavy atom. The molecule has 1 N–H and O–H groups in total. The number of urea groups is 1. The molecule has 0 unspecified atom stereocenters. The zero-order valence-electron chi connectivity index (χ0n) is 12.2. The van der Waals surface area contributed by atoms with Crippen LogP contribution in [0.25, 0.3) is 0 Å². The molecule has 1 heterocycles. The lowest BCUT2D eigenvalue weighted by Crippen LogP contribution is -2.51. The predicted octanol–water partition coefficient (Wildman–Crippen LogP) is 1.88. The number of hydrogen-bond acceptors (Lipinski definition) is 2. The van der Waals surface area contributed by atoms with Crippen molar-refractivity contribution in [3.8, 4) is 0 Å². The van der Waals surface area contributed by atoms with Crippen molar-refractivity contribution in [1.29, 1.82) is 0 Å². The number of nitrogens with zero attached hydrogens (tertiary/aromatic N) is 2. The summed E-state index contributed by atoms with van der Waals surface area (Å²) in [5.41, 5.74) is 1.02. The molecule has 0 radical (unpaired) electrons. The number of carbonyl (C=O) groups excluding carboxylic acids is 1. The molecule has 1 aliphatic heterocycles. The SMILES string of the molecule is C=CCN1CCN(C(=O)NCCc2ccc(F)cc2)CC1. The molecule has 0 aliphatic carbocycles. The van der Waals surface area contributed by atoms with Gasteiger partial charge in [0.15, 0.2) is 0 Å². The van der Waals surface area contributed by atoms with Crippen molar-refractivity contribution in [2.24, 2.45) is 0 Å². The number of rotatable bonds is 5. The van der Waals surface area contributed by atoms with Crippen LogP contribution >= 0.6 is 0 Å². The third-order valence-corrected chi connectivity index (χ3v) is 3.65. The zero-order chi connectivity index (χ0) is 15.1. The highest BCUT2D eigenvalue weighted by Crippen LogP contribution is 2.04. The van der Waals surface area contributed by atoms with E-state index in [9.17, 15) is 9.18 Å². The first-order valence-corrected chi connectivity index (χ1v) is 7.29. The first-order valence-electron chi connectivity index (χ1n) is 7.29. The number of nitrogens with one attached hydrogen (secondary N) is 1. The van der Waals surface area contributed by atoms with Gasteiger partial charge >= 0.3 is 6.03 Å². The van der Waals surface area contributed by atoms with Crippen LogP contribution in [0.3, 0.4) is 0 Å². The van der Waals surface area contributed by atoms with E-state index in [1.165, 1.54) is 12.1 Å². The second kappa shape index (κ2) is 7.78. The molecule has 4 nitrogen and oxygen atoms in total. The van der Waals surface area contributed by atoms with E-state index in [0.29, 0.717) is 13.0 Å². The molecule has 0 saturated carbocycles. The lowest BCUT2D eigenvalue weighted by Gasteiger charge is -2.34. The molecule has 2 rings (SSSR count). The molecule has 0 atom stereocenters. The molecule has 1 aliphatic rings. The van der Waals surface area contributed by atoms with E-state index in [1.54, 1.807) is 12.1 Å². The van der Waals surface area contributed by atoms with E-state index in [4.69, 9.17) is 0 Å². The van der Waals surface area contributed by atoms with Crippen LogP contribution in [-0.4, -0.2) is 55.1 Å². The first kappa shape index (κ1) is 15.5. The summed E-state index contributed by atoms with van der Waals surface area (Å²) in [4.78, 5) is 16.1. The summed E-state index contributed by atoms with van der Waals surface area (Å²) >= 11 is 0. The largest absolute Gasteiger partial charge is 0.338 e. The minimum absolute atomic E-state index is 0.0182. The Hall–Kier alpha value is -1.88. The van der Waals surface area contributed by atoms with E-state index < -0.39 is 0 Å². The maximum atomic E-state index is 12.8. The van der Waals surface area contributed by atoms with Gasteiger partial charge in [0.25, 0.3) is 0 Å². The van der Waals surface area contributed by atoms with E-state index in [0.717, 1.165) is 38.3 Å². The van der Waals surface area contributed by atoms with E-state index in [2.05, 4.69) is 16.8 Å². The van der Waals surface area contributed by atoms with E-state index in [1.807, 2.05) is 11.0 Å². The Kier molecular flexibility index (Phi) is 5.75. The molecule has 0 spiro atoms. The Morgan fingerprint density at radius 3 is 2.52 bits per heavy atom. The van der Waals surface area contributed by atoms with Gasteiger partial charge in [-0.3, -0.25) is 4.90 Å². The molecular weight excluding hydrogens is 269 g/mol. The summed E-state index contributed by atoms with van der Waals surface area (Å²) in [6.07, 6.45) is 2.60. The van der Waals surface area contributed by atoms with Crippen molar-refractivity contribution in [2.45, 2.75) is 6.42 Å². The average Bonchev–Trinajstić information content (AvgIpc) is 2.50. The average molecular weight is 291 g/mol. The van der Waals surface area contributed by atoms with Crippen LogP contribution in [-0.2, 0) is 6.42 Å². The fraction of sp³-hybridized carbons (Fsp3) is 0.438. The van der Waals surface area contributed by atoms with Crippen molar-refractivity contribution in [1.82, 2.24) is 15.1 Å². The number of carbonyl (C=O) groups is 1. The van der Waals surface area contributed by atoms with Gasteiger partial charge in [-0.2, -0.15) is 0 Å². The smallest absolute Gasteiger partial charge is 0.317 e. The van der Waals surface area contributed by atoms with Gasteiger partial charge in [0.05, 0.1) is 0 Å². The molecule has 21 heavy (non-hydrogen) atoms. The summed E-state index contributed by atoms with van der Waals surface area (Å²) in [6, 6.07) is 6.35. The summed E-state index contributed by atoms with van der Waals surface area (Å²) in [7, 11) is 0. The second-order valence-corrected chi connectivity index (χ2v) is 5.18. The van der Waals surface area contributed by atoms with Gasteiger partial charge in [0.2, 0.25) is 0 Å². The molecule has 1 saturated heterocycles. The molecule has 114 valence electrons. The minimum atomic E-state index is -0.236. The first-order chi connectivity index (χ1) is 10.2. The van der Waals surface area contributed by atoms with Gasteiger partial charge in [-0.1, -0.05) is 18.2 Å². The Labute approximate surface area is 125 Å². The number of piperazine rings is 1. The number of halogens is 1. The zero-order valence-corrected chi connectivity index (χ0v) is 12.2. The Morgan fingerprint density at radius 1 is 1.24 bits per heavy atom. The summed E-state index contributed by atoms with van der Waals surface area (Å²) in [5, 5.41) is 2.92. The molecule has 0 bridgehead atoms. The standard InChI is InChI=1S/C16H22FN3O/c1-2-9-19-10-12-20(13-11-19)16(21)18-8-7-14-3-5-15(17)6-4-14/h2-6H,1,7-13H2,(H,18,21). The Balaban J connectivity index is 1.68. The normalized spacial score (nSPS) is 15.8. The second-order valence-electron chi connectivity index (χ2n) is 5.18. The number of hydrogen-bond donors (Lipinski definition) is 1. The lowest BCUT2D eigenvalue weighted by molar-refractivity contribution is 0.147. The van der Waals surface area contributed by atoms with E-state index in [-0.39, 0.29) is 11.8 Å². The summed E-state index contributed by atoms with van der Waals surface area (Å²) in [6.45, 7) is 8.43. The van der Waals surface area contributed by atoms with Gasteiger partial charge in [0.1, 0.15) is 5.82 Å². The molecule has 0 aromatic heterocycles. The van der Waals surface area contributed by atoms with Crippen LogP contribution in [0.15, 0.2) is 36.9 Å². The number of amides is 2. The van der Waals surface area contributed by atoms with Gasteiger partial charge in [0, 0.05) is 39.3 Å². The Bertz CT molecular complexity index is 467. The molecule has 5 heteroatoms. The van der Waals surface area contributed by atoms with Crippen molar-refractivity contribution < 1.29 is 9.18 Å². The van der Waals surface area contributed by atoms with Crippen molar-refractivity contribution >= 4 is 6.03 Å². The maximum absolute atomic E-state index is 12.8. The van der Waals surface area contributed by atoms with E-state index >= 15 is 0 Å². The summed E-state index contributed by atoms with van der Waals surface area (Å²) < 4.78 is 12.8. The van der Waals surface area contributed by atoms with Crippen molar-refractivity contribution in [3.05, 3.63) is 48.3 Å². The number of benzene rings is 1. The molecule has 2 amide bonds.